The zero-order valence-corrected chi connectivity index (χ0v) is 60.0. The maximum Gasteiger partial charge on any atom is 0.343 e. The van der Waals surface area contributed by atoms with Crippen LogP contribution in [0.3, 0.4) is 0 Å². The summed E-state index contributed by atoms with van der Waals surface area (Å²) in [4.78, 5) is 87.1. The third-order valence-corrected chi connectivity index (χ3v) is 16.7. The summed E-state index contributed by atoms with van der Waals surface area (Å²) in [6.45, 7) is 18.3. The lowest BCUT2D eigenvalue weighted by Gasteiger charge is -2.09. The fraction of sp³-hybridized carbons (Fsp3) is 0.424. The second-order valence-electron chi connectivity index (χ2n) is 25.4. The molecule has 0 saturated carbocycles. The van der Waals surface area contributed by atoms with Crippen LogP contribution in [0.4, 0.5) is 0 Å². The number of unbranched alkanes of at least 4 members (excludes halogenated alkanes) is 19. The fourth-order valence-corrected chi connectivity index (χ4v) is 10.6. The Labute approximate surface area is 603 Å². The van der Waals surface area contributed by atoms with Gasteiger partial charge in [0.05, 0.1) is 75.1 Å². The molecule has 0 saturated heterocycles. The number of hydrogen-bond acceptors (Lipinski definition) is 17. The minimum Gasteiger partial charge on any atom is -0.494 e. The number of hydrogen-bond donors (Lipinski definition) is 0. The van der Waals surface area contributed by atoms with Crippen LogP contribution >= 0.6 is 0 Å². The van der Waals surface area contributed by atoms with Gasteiger partial charge in [0.2, 0.25) is 0 Å². The number of rotatable bonds is 52. The van der Waals surface area contributed by atoms with Crippen LogP contribution in [0.5, 0.6) is 23.0 Å². The largest absolute Gasteiger partial charge is 0.494 e. The molecular formula is C85H104O17. The van der Waals surface area contributed by atoms with Gasteiger partial charge >= 0.3 is 41.8 Å². The maximum atomic E-state index is 12.8. The average molecular weight is 1400 g/mol. The van der Waals surface area contributed by atoms with Gasteiger partial charge in [0.15, 0.2) is 0 Å². The Morgan fingerprint density at radius 3 is 0.843 bits per heavy atom. The van der Waals surface area contributed by atoms with Crippen LogP contribution in [0.1, 0.15) is 222 Å². The molecule has 6 aromatic rings. The molecule has 0 bridgehead atoms. The van der Waals surface area contributed by atoms with Crippen molar-refractivity contribution in [3.63, 3.8) is 0 Å². The van der Waals surface area contributed by atoms with Crippen LogP contribution < -0.4 is 18.9 Å². The number of benzene rings is 6. The number of allylic oxidation sites excluding steroid dienone is 1. The van der Waals surface area contributed by atoms with Gasteiger partial charge in [0.25, 0.3) is 0 Å². The molecule has 0 aliphatic heterocycles. The number of carbonyl (C=O) groups excluding carboxylic acids is 7. The minimum absolute atomic E-state index is 0.164. The number of ether oxygens (including phenoxy) is 10. The summed E-state index contributed by atoms with van der Waals surface area (Å²) in [5.74, 6) is 0.392. The number of esters is 7. The van der Waals surface area contributed by atoms with Crippen molar-refractivity contribution in [1.29, 1.82) is 0 Å². The predicted octanol–water partition coefficient (Wildman–Crippen LogP) is 19.7. The van der Waals surface area contributed by atoms with Crippen molar-refractivity contribution in [3.8, 4) is 45.3 Å². The van der Waals surface area contributed by atoms with Crippen LogP contribution in [0, 0.1) is 0 Å². The maximum absolute atomic E-state index is 12.8. The van der Waals surface area contributed by atoms with Crippen LogP contribution in [-0.4, -0.2) is 94.6 Å². The summed E-state index contributed by atoms with van der Waals surface area (Å²) >= 11 is 0. The molecule has 17 nitrogen and oxygen atoms in total. The van der Waals surface area contributed by atoms with E-state index in [0.717, 1.165) is 169 Å². The standard InChI is InChI=1S/C85H104O17/c1-64(2)66(5)93-56-22-12-13-23-57-94-75-48-44-73(45-49-75)84(91)101-77-52-40-69(41-53-77)67-32-36-71(37-33-67)82(89)99-62-28-18-15-25-59-96-79(86)30-20-10-8-6-7-9-11-21-31-80(87)97-60-26-16-19-29-63-100-83(90)72-38-34-68(35-39-72)70-42-54-78(55-43-70)102-85(92)74-46-50-76(51-47-74)95-58-24-14-17-27-61-98-81(88)65(3)4/h32-55H,1,3,5-31,56-63H2,2,4H3. The molecule has 0 N–H and O–H groups in total. The number of carbonyl (C=O) groups is 7. The Balaban J connectivity index is 0.669. The van der Waals surface area contributed by atoms with Crippen molar-refractivity contribution < 1.29 is 80.9 Å². The highest BCUT2D eigenvalue weighted by atomic mass is 16.6. The molecule has 0 unspecified atom stereocenters. The topological polar surface area (TPSA) is 212 Å². The monoisotopic (exact) mass is 1400 g/mol. The molecule has 17 heteroatoms. The van der Waals surface area contributed by atoms with Gasteiger partial charge in [0, 0.05) is 18.4 Å². The van der Waals surface area contributed by atoms with E-state index in [-0.39, 0.29) is 29.8 Å². The van der Waals surface area contributed by atoms with E-state index in [2.05, 4.69) is 19.7 Å². The first-order valence-corrected chi connectivity index (χ1v) is 36.4. The Bertz CT molecular complexity index is 3280. The first kappa shape index (κ1) is 81.2. The Kier molecular flexibility index (Phi) is 38.3. The molecule has 0 amide bonds. The fourth-order valence-electron chi connectivity index (χ4n) is 10.6. The summed E-state index contributed by atoms with van der Waals surface area (Å²) in [6, 6.07) is 42.4. The summed E-state index contributed by atoms with van der Waals surface area (Å²) in [6.07, 6.45) is 22.5. The van der Waals surface area contributed by atoms with E-state index >= 15 is 0 Å². The lowest BCUT2D eigenvalue weighted by Crippen LogP contribution is -2.08. The van der Waals surface area contributed by atoms with Gasteiger partial charge in [-0.05, 0) is 254 Å². The molecule has 546 valence electrons. The third kappa shape index (κ3) is 33.1. The smallest absolute Gasteiger partial charge is 0.343 e. The first-order chi connectivity index (χ1) is 49.6. The van der Waals surface area contributed by atoms with Crippen molar-refractivity contribution in [2.45, 2.75) is 181 Å². The van der Waals surface area contributed by atoms with Gasteiger partial charge in [-0.1, -0.05) is 107 Å². The normalized spacial score (nSPS) is 10.8. The highest BCUT2D eigenvalue weighted by Crippen LogP contribution is 2.27. The second-order valence-corrected chi connectivity index (χ2v) is 25.4. The lowest BCUT2D eigenvalue weighted by molar-refractivity contribution is -0.144. The molecule has 6 aromatic carbocycles. The summed E-state index contributed by atoms with van der Waals surface area (Å²) in [5.41, 5.74) is 6.55. The van der Waals surface area contributed by atoms with Crippen molar-refractivity contribution in [1.82, 2.24) is 0 Å². The van der Waals surface area contributed by atoms with E-state index in [9.17, 15) is 33.6 Å². The van der Waals surface area contributed by atoms with Gasteiger partial charge < -0.3 is 47.4 Å². The molecule has 0 aliphatic carbocycles. The average Bonchev–Trinajstić information content (AvgIpc) is 0.899. The van der Waals surface area contributed by atoms with Gasteiger partial charge in [-0.15, -0.1) is 0 Å². The van der Waals surface area contributed by atoms with E-state index in [0.29, 0.717) is 135 Å². The minimum atomic E-state index is -0.484. The van der Waals surface area contributed by atoms with E-state index < -0.39 is 11.9 Å². The molecule has 6 rings (SSSR count). The summed E-state index contributed by atoms with van der Waals surface area (Å²) < 4.78 is 55.4. The van der Waals surface area contributed by atoms with Crippen LogP contribution in [-0.2, 0) is 42.8 Å². The molecule has 0 fully saturated rings. The highest BCUT2D eigenvalue weighted by molar-refractivity contribution is 5.93. The second kappa shape index (κ2) is 48.1. The molecule has 102 heavy (non-hydrogen) atoms. The Morgan fingerprint density at radius 2 is 0.510 bits per heavy atom. The summed E-state index contributed by atoms with van der Waals surface area (Å²) in [5, 5.41) is 0. The Hall–Kier alpha value is -9.77. The van der Waals surface area contributed by atoms with Crippen molar-refractivity contribution in [2.75, 3.05) is 52.9 Å². The van der Waals surface area contributed by atoms with Crippen molar-refractivity contribution in [2.24, 2.45) is 0 Å². The van der Waals surface area contributed by atoms with Crippen LogP contribution in [0.2, 0.25) is 0 Å². The van der Waals surface area contributed by atoms with Crippen molar-refractivity contribution >= 4 is 41.8 Å². The molecule has 0 spiro atoms. The molecule has 0 radical (unpaired) electrons. The van der Waals surface area contributed by atoms with Gasteiger partial charge in [0.1, 0.15) is 28.8 Å². The quantitative estimate of drug-likeness (QED) is 0.00660. The van der Waals surface area contributed by atoms with Gasteiger partial charge in [-0.25, -0.2) is 24.0 Å². The van der Waals surface area contributed by atoms with Crippen molar-refractivity contribution in [3.05, 3.63) is 204 Å². The SMILES string of the molecule is C=C(C)C(=C)OCCCCCCOc1ccc(C(=O)Oc2ccc(-c3ccc(C(=O)OCCCCCCOC(=O)CCCCCCCCCCC(=O)OCCCCCCOC(=O)c4ccc(-c5ccc(OC(=O)c6ccc(OCCCCCCOC(=O)C(=C)C)cc6)cc5)cc4)cc3)cc2)cc1. The van der Waals surface area contributed by atoms with Gasteiger partial charge in [-0.2, -0.15) is 0 Å². The zero-order chi connectivity index (χ0) is 72.8. The van der Waals surface area contributed by atoms with E-state index in [1.807, 2.05) is 55.5 Å². The lowest BCUT2D eigenvalue weighted by atomic mass is 10.0. The van der Waals surface area contributed by atoms with Crippen LogP contribution in [0.25, 0.3) is 22.3 Å². The third-order valence-electron chi connectivity index (χ3n) is 16.7. The van der Waals surface area contributed by atoms with E-state index in [4.69, 9.17) is 47.4 Å². The highest BCUT2D eigenvalue weighted by Gasteiger charge is 2.15. The summed E-state index contributed by atoms with van der Waals surface area (Å²) in [7, 11) is 0. The van der Waals surface area contributed by atoms with Crippen LogP contribution in [0.15, 0.2) is 182 Å². The Morgan fingerprint density at radius 1 is 0.255 bits per heavy atom. The molecular weight excluding hydrogens is 1290 g/mol. The molecule has 0 atom stereocenters. The predicted molar refractivity (Wildman–Crippen MR) is 396 cm³/mol. The molecule has 0 aliphatic rings. The van der Waals surface area contributed by atoms with E-state index in [1.54, 1.807) is 104 Å². The zero-order valence-electron chi connectivity index (χ0n) is 60.0. The first-order valence-electron chi connectivity index (χ1n) is 36.4. The molecule has 0 heterocycles. The molecule has 0 aromatic heterocycles. The van der Waals surface area contributed by atoms with E-state index in [1.165, 1.54) is 0 Å². The van der Waals surface area contributed by atoms with Gasteiger partial charge in [-0.3, -0.25) is 9.59 Å².